The molecule has 1 saturated heterocycles. The van der Waals surface area contributed by atoms with Crippen molar-refractivity contribution in [2.75, 3.05) is 26.2 Å². The number of halogens is 2. The first-order valence-corrected chi connectivity index (χ1v) is 8.39. The zero-order valence-corrected chi connectivity index (χ0v) is 13.3. The molecule has 21 heavy (non-hydrogen) atoms. The summed E-state index contributed by atoms with van der Waals surface area (Å²) in [5.74, 6) is -0.149. The monoisotopic (exact) mass is 324 g/mol. The highest BCUT2D eigenvalue weighted by atomic mass is 35.5. The van der Waals surface area contributed by atoms with Gasteiger partial charge in [0, 0.05) is 30.1 Å². The lowest BCUT2D eigenvalue weighted by atomic mass is 10.0. The average Bonchev–Trinajstić information content (AvgIpc) is 2.74. The number of nitrogens with zero attached hydrogens (tertiary/aromatic N) is 1. The molecule has 1 unspecified atom stereocenters. The molecule has 5 heteroatoms. The summed E-state index contributed by atoms with van der Waals surface area (Å²) in [5.41, 5.74) is 0.734. The summed E-state index contributed by atoms with van der Waals surface area (Å²) in [4.78, 5) is 3.45. The Morgan fingerprint density at radius 2 is 2.00 bits per heavy atom. The second-order valence-electron chi connectivity index (χ2n) is 5.21. The first kappa shape index (κ1) is 15.0. The Balaban J connectivity index is 2.00. The van der Waals surface area contributed by atoms with Crippen LogP contribution in [-0.2, 0) is 0 Å². The Labute approximate surface area is 133 Å². The molecule has 0 radical (unpaired) electrons. The Morgan fingerprint density at radius 3 is 2.76 bits per heavy atom. The molecule has 1 aromatic carbocycles. The quantitative estimate of drug-likeness (QED) is 0.920. The standard InChI is InChI=1S/C16H18ClFN2S/c17-15-7-6-14(21-15)16(12-4-1-2-5-13(12)18)20-10-3-8-19-9-11-20/h1-2,4-7,16,19H,3,8-11H2. The van der Waals surface area contributed by atoms with E-state index in [4.69, 9.17) is 11.6 Å². The molecule has 1 aliphatic heterocycles. The second kappa shape index (κ2) is 6.88. The molecule has 0 saturated carbocycles. The molecule has 112 valence electrons. The SMILES string of the molecule is Fc1ccccc1C(c1ccc(Cl)s1)N1CCCNCC1. The highest BCUT2D eigenvalue weighted by molar-refractivity contribution is 7.16. The zero-order chi connectivity index (χ0) is 14.7. The molecule has 1 N–H and O–H groups in total. The first-order chi connectivity index (χ1) is 10.3. The summed E-state index contributed by atoms with van der Waals surface area (Å²) < 4.78 is 15.1. The predicted octanol–water partition coefficient (Wildman–Crippen LogP) is 3.93. The van der Waals surface area contributed by atoms with E-state index < -0.39 is 0 Å². The van der Waals surface area contributed by atoms with Crippen LogP contribution in [0.5, 0.6) is 0 Å². The van der Waals surface area contributed by atoms with E-state index in [0.717, 1.165) is 47.4 Å². The van der Waals surface area contributed by atoms with Crippen LogP contribution in [-0.4, -0.2) is 31.1 Å². The summed E-state index contributed by atoms with van der Waals surface area (Å²) in [6.07, 6.45) is 1.07. The van der Waals surface area contributed by atoms with Crippen molar-refractivity contribution in [2.24, 2.45) is 0 Å². The normalized spacial score (nSPS) is 18.4. The fourth-order valence-corrected chi connectivity index (χ4v) is 4.04. The molecule has 1 aliphatic rings. The van der Waals surface area contributed by atoms with Gasteiger partial charge in [0.2, 0.25) is 0 Å². The van der Waals surface area contributed by atoms with Gasteiger partial charge in [-0.2, -0.15) is 0 Å². The van der Waals surface area contributed by atoms with Gasteiger partial charge in [0.25, 0.3) is 0 Å². The van der Waals surface area contributed by atoms with Gasteiger partial charge in [-0.3, -0.25) is 4.90 Å². The highest BCUT2D eigenvalue weighted by Gasteiger charge is 2.26. The highest BCUT2D eigenvalue weighted by Crippen LogP contribution is 2.36. The van der Waals surface area contributed by atoms with Crippen LogP contribution in [0.3, 0.4) is 0 Å². The number of hydrogen-bond acceptors (Lipinski definition) is 3. The lowest BCUT2D eigenvalue weighted by Gasteiger charge is -2.30. The Bertz CT molecular complexity index is 593. The van der Waals surface area contributed by atoms with E-state index in [2.05, 4.69) is 10.2 Å². The van der Waals surface area contributed by atoms with Gasteiger partial charge in [-0.05, 0) is 31.2 Å². The van der Waals surface area contributed by atoms with Gasteiger partial charge >= 0.3 is 0 Å². The molecular weight excluding hydrogens is 307 g/mol. The molecule has 1 fully saturated rings. The molecule has 3 rings (SSSR count). The van der Waals surface area contributed by atoms with Crippen molar-refractivity contribution in [1.82, 2.24) is 10.2 Å². The Hall–Kier alpha value is -0.940. The largest absolute Gasteiger partial charge is 0.315 e. The molecule has 2 aromatic rings. The summed E-state index contributed by atoms with van der Waals surface area (Å²) in [6, 6.07) is 10.9. The van der Waals surface area contributed by atoms with E-state index in [1.54, 1.807) is 6.07 Å². The van der Waals surface area contributed by atoms with E-state index in [1.165, 1.54) is 17.4 Å². The number of rotatable bonds is 3. The van der Waals surface area contributed by atoms with Gasteiger partial charge in [0.15, 0.2) is 0 Å². The fourth-order valence-electron chi connectivity index (χ4n) is 2.83. The molecule has 0 bridgehead atoms. The number of hydrogen-bond donors (Lipinski definition) is 1. The molecule has 1 aromatic heterocycles. The summed E-state index contributed by atoms with van der Waals surface area (Å²) in [7, 11) is 0. The van der Waals surface area contributed by atoms with Gasteiger partial charge in [-0.1, -0.05) is 29.8 Å². The molecule has 0 aliphatic carbocycles. The first-order valence-electron chi connectivity index (χ1n) is 7.20. The van der Waals surface area contributed by atoms with Crippen LogP contribution in [0.25, 0.3) is 0 Å². The van der Waals surface area contributed by atoms with E-state index in [9.17, 15) is 4.39 Å². The molecular formula is C16H18ClFN2S. The van der Waals surface area contributed by atoms with Gasteiger partial charge < -0.3 is 5.32 Å². The molecule has 0 spiro atoms. The lowest BCUT2D eigenvalue weighted by Crippen LogP contribution is -2.33. The second-order valence-corrected chi connectivity index (χ2v) is 6.95. The van der Waals surface area contributed by atoms with E-state index >= 15 is 0 Å². The van der Waals surface area contributed by atoms with E-state index in [-0.39, 0.29) is 11.9 Å². The van der Waals surface area contributed by atoms with Crippen molar-refractivity contribution < 1.29 is 4.39 Å². The lowest BCUT2D eigenvalue weighted by molar-refractivity contribution is 0.239. The number of benzene rings is 1. The van der Waals surface area contributed by atoms with Gasteiger partial charge in [0.05, 0.1) is 10.4 Å². The summed E-state index contributed by atoms with van der Waals surface area (Å²) >= 11 is 7.63. The van der Waals surface area contributed by atoms with Crippen LogP contribution >= 0.6 is 22.9 Å². The van der Waals surface area contributed by atoms with Crippen LogP contribution < -0.4 is 5.32 Å². The molecule has 0 amide bonds. The van der Waals surface area contributed by atoms with Crippen LogP contribution in [0.4, 0.5) is 4.39 Å². The van der Waals surface area contributed by atoms with Crippen molar-refractivity contribution >= 4 is 22.9 Å². The molecule has 1 atom stereocenters. The van der Waals surface area contributed by atoms with E-state index in [1.807, 2.05) is 24.3 Å². The minimum absolute atomic E-state index is 0.0522. The van der Waals surface area contributed by atoms with Gasteiger partial charge in [0.1, 0.15) is 5.82 Å². The minimum Gasteiger partial charge on any atom is -0.315 e. The predicted molar refractivity (Wildman–Crippen MR) is 86.6 cm³/mol. The van der Waals surface area contributed by atoms with Crippen molar-refractivity contribution in [3.8, 4) is 0 Å². The van der Waals surface area contributed by atoms with Crippen molar-refractivity contribution in [3.63, 3.8) is 0 Å². The third-order valence-electron chi connectivity index (χ3n) is 3.80. The van der Waals surface area contributed by atoms with Crippen LogP contribution in [0.15, 0.2) is 36.4 Å². The maximum Gasteiger partial charge on any atom is 0.128 e. The maximum atomic E-state index is 14.3. The minimum atomic E-state index is -0.149. The fraction of sp³-hybridized carbons (Fsp3) is 0.375. The number of thiophene rings is 1. The molecule has 2 nitrogen and oxygen atoms in total. The van der Waals surface area contributed by atoms with Crippen molar-refractivity contribution in [3.05, 3.63) is 57.0 Å². The van der Waals surface area contributed by atoms with Crippen molar-refractivity contribution in [2.45, 2.75) is 12.5 Å². The zero-order valence-electron chi connectivity index (χ0n) is 11.7. The Kier molecular flexibility index (Phi) is 4.91. The van der Waals surface area contributed by atoms with Gasteiger partial charge in [-0.15, -0.1) is 11.3 Å². The van der Waals surface area contributed by atoms with Crippen LogP contribution in [0, 0.1) is 5.82 Å². The summed E-state index contributed by atoms with van der Waals surface area (Å²) in [5, 5.41) is 3.40. The average molecular weight is 325 g/mol. The smallest absolute Gasteiger partial charge is 0.128 e. The van der Waals surface area contributed by atoms with Crippen LogP contribution in [0.1, 0.15) is 22.9 Å². The number of nitrogens with one attached hydrogen (secondary N) is 1. The third kappa shape index (κ3) is 3.46. The third-order valence-corrected chi connectivity index (χ3v) is 5.09. The maximum absolute atomic E-state index is 14.3. The topological polar surface area (TPSA) is 15.3 Å². The molecule has 2 heterocycles. The van der Waals surface area contributed by atoms with Crippen LogP contribution in [0.2, 0.25) is 4.34 Å². The van der Waals surface area contributed by atoms with E-state index in [0.29, 0.717) is 0 Å². The van der Waals surface area contributed by atoms with Gasteiger partial charge in [-0.25, -0.2) is 4.39 Å². The summed E-state index contributed by atoms with van der Waals surface area (Å²) in [6.45, 7) is 3.83. The van der Waals surface area contributed by atoms with Crippen molar-refractivity contribution in [1.29, 1.82) is 0 Å². The Morgan fingerprint density at radius 1 is 1.14 bits per heavy atom.